The molecule has 1 aromatic rings. The van der Waals surface area contributed by atoms with Crippen LogP contribution in [0.15, 0.2) is 0 Å². The van der Waals surface area contributed by atoms with Gasteiger partial charge in [0.15, 0.2) is 25.4 Å². The molecule has 1 amide bonds. The highest BCUT2D eigenvalue weighted by atomic mass is 79.9. The van der Waals surface area contributed by atoms with E-state index in [2.05, 4.69) is 21.0 Å². The van der Waals surface area contributed by atoms with Crippen LogP contribution in [0.4, 0.5) is 0 Å². The largest absolute Gasteiger partial charge is 0.461 e. The van der Waals surface area contributed by atoms with Crippen molar-refractivity contribution in [3.05, 3.63) is 17.0 Å². The summed E-state index contributed by atoms with van der Waals surface area (Å²) in [7, 11) is -6.07. The van der Waals surface area contributed by atoms with E-state index < -0.39 is 35.1 Å². The number of esters is 1. The van der Waals surface area contributed by atoms with Crippen LogP contribution < -0.4 is 0 Å². The summed E-state index contributed by atoms with van der Waals surface area (Å²) < 4.78 is 54.1. The number of aromatic nitrogens is 2. The van der Waals surface area contributed by atoms with Crippen LogP contribution in [0.2, 0.25) is 0 Å². The Hall–Kier alpha value is -1.51. The van der Waals surface area contributed by atoms with Crippen LogP contribution in [0.5, 0.6) is 0 Å². The third kappa shape index (κ3) is 4.94. The van der Waals surface area contributed by atoms with Gasteiger partial charge in [-0.1, -0.05) is 15.9 Å². The number of halogens is 1. The quantitative estimate of drug-likeness (QED) is 0.277. The van der Waals surface area contributed by atoms with E-state index in [4.69, 9.17) is 4.74 Å². The van der Waals surface area contributed by atoms with Gasteiger partial charge in [-0.25, -0.2) is 21.6 Å². The SMILES string of the molecule is CCOC(=O)c1nn(CCO)c2c1CCN(CC1(S(=O)(=O)C3(C)CC3)CC1)C2=O.O=S(=O)(C1CC1)C1(CBr)CC1. The number of aliphatic hydroxyl groups is 1. The molecule has 1 aromatic heterocycles. The van der Waals surface area contributed by atoms with Gasteiger partial charge >= 0.3 is 5.97 Å². The van der Waals surface area contributed by atoms with Crippen LogP contribution in [0.1, 0.15) is 91.8 Å². The fourth-order valence-corrected chi connectivity index (χ4v) is 12.0. The van der Waals surface area contributed by atoms with E-state index in [1.807, 2.05) is 0 Å². The van der Waals surface area contributed by atoms with Crippen LogP contribution in [0.25, 0.3) is 0 Å². The fourth-order valence-electron chi connectivity index (χ4n) is 5.58. The molecule has 0 atom stereocenters. The molecule has 6 rings (SSSR count). The summed E-state index contributed by atoms with van der Waals surface area (Å²) in [6.45, 7) is 4.01. The molecule has 2 heterocycles. The Balaban J connectivity index is 0.000000244. The highest BCUT2D eigenvalue weighted by Gasteiger charge is 2.65. The smallest absolute Gasteiger partial charge is 0.359 e. The predicted molar refractivity (Wildman–Crippen MR) is 151 cm³/mol. The van der Waals surface area contributed by atoms with Crippen molar-refractivity contribution in [1.29, 1.82) is 0 Å². The highest BCUT2D eigenvalue weighted by molar-refractivity contribution is 9.09. The fraction of sp³-hybridized carbons (Fsp3) is 0.808. The zero-order valence-electron chi connectivity index (χ0n) is 23.0. The van der Waals surface area contributed by atoms with Crippen LogP contribution >= 0.6 is 15.9 Å². The van der Waals surface area contributed by atoms with Crippen molar-refractivity contribution >= 4 is 47.5 Å². The van der Waals surface area contributed by atoms with E-state index in [-0.39, 0.29) is 53.6 Å². The predicted octanol–water partition coefficient (Wildman–Crippen LogP) is 2.04. The lowest BCUT2D eigenvalue weighted by Crippen LogP contribution is -2.48. The number of fused-ring (bicyclic) bond motifs is 1. The first-order chi connectivity index (χ1) is 18.8. The number of carbonyl (C=O) groups is 2. The van der Waals surface area contributed by atoms with E-state index >= 15 is 0 Å². The van der Waals surface area contributed by atoms with Gasteiger partial charge < -0.3 is 14.7 Å². The van der Waals surface area contributed by atoms with Gasteiger partial charge in [0.1, 0.15) is 5.69 Å². The minimum absolute atomic E-state index is 0.0162. The van der Waals surface area contributed by atoms with Crippen LogP contribution in [0.3, 0.4) is 0 Å². The number of nitrogens with zero attached hydrogens (tertiary/aromatic N) is 3. The molecular formula is C26H38BrN3O8S2. The Morgan fingerprint density at radius 3 is 2.20 bits per heavy atom. The van der Waals surface area contributed by atoms with Crippen molar-refractivity contribution in [3.8, 4) is 0 Å². The van der Waals surface area contributed by atoms with Gasteiger partial charge in [0.2, 0.25) is 0 Å². The molecule has 0 saturated heterocycles. The molecule has 14 heteroatoms. The second-order valence-electron chi connectivity index (χ2n) is 12.0. The van der Waals surface area contributed by atoms with E-state index in [0.29, 0.717) is 49.5 Å². The zero-order valence-corrected chi connectivity index (χ0v) is 26.2. The van der Waals surface area contributed by atoms with Gasteiger partial charge in [0, 0.05) is 24.0 Å². The number of rotatable bonds is 11. The average Bonchev–Trinajstić information content (AvgIpc) is 3.71. The third-order valence-corrected chi connectivity index (χ3v) is 17.0. The minimum atomic E-state index is -3.32. The van der Waals surface area contributed by atoms with Crippen LogP contribution in [0, 0.1) is 0 Å². The minimum Gasteiger partial charge on any atom is -0.461 e. The van der Waals surface area contributed by atoms with Crippen LogP contribution in [-0.2, 0) is 37.4 Å². The Bertz CT molecular complexity index is 1410. The Morgan fingerprint density at radius 2 is 1.73 bits per heavy atom. The van der Waals surface area contributed by atoms with E-state index in [9.17, 15) is 31.5 Å². The monoisotopic (exact) mass is 663 g/mol. The van der Waals surface area contributed by atoms with Gasteiger partial charge in [-0.05, 0) is 71.6 Å². The van der Waals surface area contributed by atoms with Crippen molar-refractivity contribution < 1.29 is 36.3 Å². The van der Waals surface area contributed by atoms with Crippen molar-refractivity contribution in [2.45, 2.75) is 97.7 Å². The van der Waals surface area contributed by atoms with E-state index in [1.165, 1.54) is 4.68 Å². The number of hydrogen-bond donors (Lipinski definition) is 1. The van der Waals surface area contributed by atoms with Gasteiger partial charge in [0.25, 0.3) is 5.91 Å². The summed E-state index contributed by atoms with van der Waals surface area (Å²) in [4.78, 5) is 27.1. The maximum Gasteiger partial charge on any atom is 0.359 e. The molecule has 0 radical (unpaired) electrons. The number of hydrogen-bond acceptors (Lipinski definition) is 9. The molecule has 4 fully saturated rings. The lowest BCUT2D eigenvalue weighted by molar-refractivity contribution is 0.0516. The average molecular weight is 665 g/mol. The molecule has 224 valence electrons. The summed E-state index contributed by atoms with van der Waals surface area (Å²) in [5, 5.41) is 14.2. The lowest BCUT2D eigenvalue weighted by Gasteiger charge is -2.32. The molecule has 1 N–H and O–H groups in total. The Labute approximate surface area is 244 Å². The number of ether oxygens (including phenoxy) is 1. The normalized spacial score (nSPS) is 23.5. The van der Waals surface area contributed by atoms with E-state index in [0.717, 1.165) is 25.7 Å². The van der Waals surface area contributed by atoms with E-state index in [1.54, 1.807) is 18.7 Å². The second-order valence-corrected chi connectivity index (χ2v) is 18.1. The maximum absolute atomic E-state index is 13.2. The van der Waals surface area contributed by atoms with Crippen molar-refractivity contribution in [2.75, 3.05) is 31.6 Å². The summed E-state index contributed by atoms with van der Waals surface area (Å²) >= 11 is 3.29. The zero-order chi connectivity index (χ0) is 29.1. The molecule has 0 spiro atoms. The number of sulfone groups is 2. The first-order valence-electron chi connectivity index (χ1n) is 14.0. The molecule has 5 aliphatic rings. The molecule has 4 saturated carbocycles. The second kappa shape index (κ2) is 10.3. The topological polar surface area (TPSA) is 153 Å². The van der Waals surface area contributed by atoms with Gasteiger partial charge in [0.05, 0.1) is 39.2 Å². The first kappa shape index (κ1) is 30.0. The molecule has 0 aromatic carbocycles. The first-order valence-corrected chi connectivity index (χ1v) is 18.2. The molecule has 40 heavy (non-hydrogen) atoms. The Kier molecular flexibility index (Phi) is 7.74. The molecule has 0 bridgehead atoms. The molecule has 11 nitrogen and oxygen atoms in total. The summed E-state index contributed by atoms with van der Waals surface area (Å²) in [5.41, 5.74) is 0.863. The number of carbonyl (C=O) groups excluding carboxylic acids is 2. The Morgan fingerprint density at radius 1 is 1.10 bits per heavy atom. The standard InChI is InChI=1S/C19H27N3O6S.C7H11BrO2S/c1-3-28-17(25)14-13-4-9-21(16(24)15(13)22(20-14)10-11-23)12-19(7-8-19)29(26,27)18(2)5-6-18;8-5-7(3-4-7)11(9,10)6-1-2-6/h23H,3-12H2,1-2H3;6H,1-5H2. The van der Waals surface area contributed by atoms with Crippen molar-refractivity contribution in [1.82, 2.24) is 14.7 Å². The van der Waals surface area contributed by atoms with Gasteiger partial charge in [-0.15, -0.1) is 0 Å². The van der Waals surface area contributed by atoms with Crippen LogP contribution in [-0.4, -0.2) is 99.6 Å². The summed E-state index contributed by atoms with van der Waals surface area (Å²) in [5.74, 6) is -0.935. The maximum atomic E-state index is 13.2. The van der Waals surface area contributed by atoms with Crippen molar-refractivity contribution in [2.24, 2.45) is 0 Å². The summed E-state index contributed by atoms with van der Waals surface area (Å²) in [6, 6.07) is 0. The van der Waals surface area contributed by atoms with Gasteiger partial charge in [-0.3, -0.25) is 9.48 Å². The summed E-state index contributed by atoms with van der Waals surface area (Å²) in [6.07, 6.45) is 6.45. The molecule has 0 unspecified atom stereocenters. The lowest BCUT2D eigenvalue weighted by atomic mass is 10.0. The number of alkyl halides is 1. The van der Waals surface area contributed by atoms with Crippen molar-refractivity contribution in [3.63, 3.8) is 0 Å². The van der Waals surface area contributed by atoms with Gasteiger partial charge in [-0.2, -0.15) is 5.10 Å². The molecule has 1 aliphatic heterocycles. The number of aliphatic hydroxyl groups excluding tert-OH is 1. The molecular weight excluding hydrogens is 626 g/mol. The third-order valence-electron chi connectivity index (χ3n) is 9.03. The molecule has 4 aliphatic carbocycles. The number of amides is 1. The highest BCUT2D eigenvalue weighted by Crippen LogP contribution is 2.56.